The highest BCUT2D eigenvalue weighted by molar-refractivity contribution is 7.89. The van der Waals surface area contributed by atoms with Gasteiger partial charge in [-0.25, -0.2) is 17.5 Å². The fourth-order valence-electron chi connectivity index (χ4n) is 3.97. The van der Waals surface area contributed by atoms with Gasteiger partial charge in [0.15, 0.2) is 0 Å². The largest absolute Gasteiger partial charge is 0.495 e. The fourth-order valence-corrected chi connectivity index (χ4v) is 5.47. The molecule has 1 fully saturated rings. The van der Waals surface area contributed by atoms with E-state index in [0.29, 0.717) is 11.4 Å². The number of nitrogens with one attached hydrogen (secondary N) is 2. The summed E-state index contributed by atoms with van der Waals surface area (Å²) in [5.74, 6) is -0.1000. The van der Waals surface area contributed by atoms with Gasteiger partial charge in [-0.1, -0.05) is 31.0 Å². The van der Waals surface area contributed by atoms with Crippen LogP contribution in [0.1, 0.15) is 41.6 Å². The third-order valence-electron chi connectivity index (χ3n) is 5.80. The summed E-state index contributed by atoms with van der Waals surface area (Å²) in [6, 6.07) is 17.0. The second kappa shape index (κ2) is 10.9. The molecular weight excluding hydrogens is 471 g/mol. The molecule has 1 amide bonds. The molecule has 0 radical (unpaired) electrons. The summed E-state index contributed by atoms with van der Waals surface area (Å²) in [5.41, 5.74) is 1.46. The van der Waals surface area contributed by atoms with Crippen molar-refractivity contribution >= 4 is 21.6 Å². The Kier molecular flexibility index (Phi) is 7.67. The quantitative estimate of drug-likeness (QED) is 0.438. The summed E-state index contributed by atoms with van der Waals surface area (Å²) in [5, 5.41) is 2.77. The summed E-state index contributed by atoms with van der Waals surface area (Å²) in [4.78, 5) is 12.8. The predicted octanol–water partition coefficient (Wildman–Crippen LogP) is 4.89. The van der Waals surface area contributed by atoms with E-state index in [9.17, 15) is 17.6 Å². The molecule has 0 heterocycles. The molecule has 0 spiro atoms. The van der Waals surface area contributed by atoms with E-state index in [0.717, 1.165) is 31.2 Å². The first kappa shape index (κ1) is 24.7. The molecule has 7 nitrogen and oxygen atoms in total. The molecule has 3 aromatic rings. The monoisotopic (exact) mass is 498 g/mol. The highest BCUT2D eigenvalue weighted by Crippen LogP contribution is 2.28. The Labute approximate surface area is 204 Å². The highest BCUT2D eigenvalue weighted by atomic mass is 32.2. The van der Waals surface area contributed by atoms with Crippen LogP contribution in [0.15, 0.2) is 71.6 Å². The first-order chi connectivity index (χ1) is 16.8. The molecule has 0 bridgehead atoms. The maximum absolute atomic E-state index is 13.1. The summed E-state index contributed by atoms with van der Waals surface area (Å²) < 4.78 is 52.8. The molecule has 0 aromatic heterocycles. The predicted molar refractivity (Wildman–Crippen MR) is 131 cm³/mol. The van der Waals surface area contributed by atoms with E-state index in [2.05, 4.69) is 10.0 Å². The SMILES string of the molecule is COc1ccc(C(=O)Nc2cccc(OCc3ccc(F)cc3)c2)cc1S(=O)(=O)NC1CCCC1. The minimum atomic E-state index is -3.86. The van der Waals surface area contributed by atoms with Crippen LogP contribution in [-0.2, 0) is 16.6 Å². The lowest BCUT2D eigenvalue weighted by Gasteiger charge is -2.16. The van der Waals surface area contributed by atoms with Crippen LogP contribution in [0.25, 0.3) is 0 Å². The van der Waals surface area contributed by atoms with E-state index in [4.69, 9.17) is 9.47 Å². The van der Waals surface area contributed by atoms with Crippen LogP contribution < -0.4 is 19.5 Å². The standard InChI is InChI=1S/C26H27FN2O5S/c1-33-24-14-11-19(15-25(24)35(31,32)29-21-5-2-3-6-21)26(30)28-22-7-4-8-23(16-22)34-17-18-9-12-20(27)13-10-18/h4,7-16,21,29H,2-3,5-6,17H2,1H3,(H,28,30). The van der Waals surface area contributed by atoms with Crippen LogP contribution in [0.5, 0.6) is 11.5 Å². The van der Waals surface area contributed by atoms with E-state index in [1.54, 1.807) is 36.4 Å². The van der Waals surface area contributed by atoms with Gasteiger partial charge in [0, 0.05) is 23.4 Å². The lowest BCUT2D eigenvalue weighted by atomic mass is 10.2. The topological polar surface area (TPSA) is 93.7 Å². The number of hydrogen-bond acceptors (Lipinski definition) is 5. The summed E-state index contributed by atoms with van der Waals surface area (Å²) in [7, 11) is -2.47. The minimum absolute atomic E-state index is 0.0732. The summed E-state index contributed by atoms with van der Waals surface area (Å²) >= 11 is 0. The van der Waals surface area contributed by atoms with Gasteiger partial charge in [-0.3, -0.25) is 4.79 Å². The number of ether oxygens (including phenoxy) is 2. The third-order valence-corrected chi connectivity index (χ3v) is 7.34. The Bertz CT molecular complexity index is 1290. The van der Waals surface area contributed by atoms with E-state index < -0.39 is 15.9 Å². The maximum atomic E-state index is 13.1. The van der Waals surface area contributed by atoms with Crippen molar-refractivity contribution in [3.05, 3.63) is 83.7 Å². The normalized spacial score (nSPS) is 14.0. The van der Waals surface area contributed by atoms with Crippen molar-refractivity contribution in [3.8, 4) is 11.5 Å². The second-order valence-electron chi connectivity index (χ2n) is 8.37. The van der Waals surface area contributed by atoms with Crippen LogP contribution >= 0.6 is 0 Å². The molecule has 1 saturated carbocycles. The molecular formula is C26H27FN2O5S. The Morgan fingerprint density at radius 3 is 2.49 bits per heavy atom. The number of sulfonamides is 1. The van der Waals surface area contributed by atoms with Gasteiger partial charge >= 0.3 is 0 Å². The van der Waals surface area contributed by atoms with Crippen LogP contribution in [0, 0.1) is 5.82 Å². The molecule has 35 heavy (non-hydrogen) atoms. The number of halogens is 1. The molecule has 184 valence electrons. The minimum Gasteiger partial charge on any atom is -0.495 e. The molecule has 0 saturated heterocycles. The number of methoxy groups -OCH3 is 1. The van der Waals surface area contributed by atoms with Gasteiger partial charge in [-0.05, 0) is 60.9 Å². The first-order valence-electron chi connectivity index (χ1n) is 11.3. The average molecular weight is 499 g/mol. The first-order valence-corrected chi connectivity index (χ1v) is 12.8. The number of anilines is 1. The van der Waals surface area contributed by atoms with Gasteiger partial charge in [0.2, 0.25) is 10.0 Å². The van der Waals surface area contributed by atoms with Crippen molar-refractivity contribution in [1.29, 1.82) is 0 Å². The Morgan fingerprint density at radius 1 is 1.03 bits per heavy atom. The molecule has 1 aliphatic rings. The maximum Gasteiger partial charge on any atom is 0.255 e. The molecule has 0 atom stereocenters. The molecule has 3 aromatic carbocycles. The van der Waals surface area contributed by atoms with Crippen molar-refractivity contribution in [2.75, 3.05) is 12.4 Å². The number of amides is 1. The number of carbonyl (C=O) groups excluding carboxylic acids is 1. The zero-order valence-electron chi connectivity index (χ0n) is 19.3. The van der Waals surface area contributed by atoms with Crippen molar-refractivity contribution in [2.45, 2.75) is 43.2 Å². The van der Waals surface area contributed by atoms with Crippen molar-refractivity contribution in [3.63, 3.8) is 0 Å². The van der Waals surface area contributed by atoms with Crippen LogP contribution in [0.3, 0.4) is 0 Å². The van der Waals surface area contributed by atoms with Gasteiger partial charge in [-0.2, -0.15) is 0 Å². The number of carbonyl (C=O) groups is 1. The zero-order valence-corrected chi connectivity index (χ0v) is 20.1. The van der Waals surface area contributed by atoms with Gasteiger partial charge in [0.05, 0.1) is 7.11 Å². The van der Waals surface area contributed by atoms with Gasteiger partial charge in [-0.15, -0.1) is 0 Å². The lowest BCUT2D eigenvalue weighted by Crippen LogP contribution is -2.33. The average Bonchev–Trinajstić information content (AvgIpc) is 3.36. The fraction of sp³-hybridized carbons (Fsp3) is 0.269. The molecule has 9 heteroatoms. The van der Waals surface area contributed by atoms with Crippen molar-refractivity contribution in [2.24, 2.45) is 0 Å². The van der Waals surface area contributed by atoms with Gasteiger partial charge < -0.3 is 14.8 Å². The molecule has 4 rings (SSSR count). The van der Waals surface area contributed by atoms with Crippen LogP contribution in [0.2, 0.25) is 0 Å². The molecule has 1 aliphatic carbocycles. The number of rotatable bonds is 9. The van der Waals surface area contributed by atoms with E-state index in [-0.39, 0.29) is 34.7 Å². The Morgan fingerprint density at radius 2 is 1.77 bits per heavy atom. The Hall–Kier alpha value is -3.43. The van der Waals surface area contributed by atoms with Crippen LogP contribution in [-0.4, -0.2) is 27.5 Å². The smallest absolute Gasteiger partial charge is 0.255 e. The van der Waals surface area contributed by atoms with Gasteiger partial charge in [0.1, 0.15) is 28.8 Å². The van der Waals surface area contributed by atoms with Crippen molar-refractivity contribution < 1.29 is 27.1 Å². The molecule has 2 N–H and O–H groups in total. The van der Waals surface area contributed by atoms with E-state index >= 15 is 0 Å². The van der Waals surface area contributed by atoms with E-state index in [1.807, 2.05) is 0 Å². The lowest BCUT2D eigenvalue weighted by molar-refractivity contribution is 0.102. The van der Waals surface area contributed by atoms with Crippen molar-refractivity contribution in [1.82, 2.24) is 4.72 Å². The van der Waals surface area contributed by atoms with Gasteiger partial charge in [0.25, 0.3) is 5.91 Å². The molecule has 0 unspecified atom stereocenters. The zero-order chi connectivity index (χ0) is 24.8. The summed E-state index contributed by atoms with van der Waals surface area (Å²) in [6.45, 7) is 0.241. The molecule has 0 aliphatic heterocycles. The van der Waals surface area contributed by atoms with E-state index in [1.165, 1.54) is 37.4 Å². The third kappa shape index (κ3) is 6.37. The number of benzene rings is 3. The highest BCUT2D eigenvalue weighted by Gasteiger charge is 2.26. The Balaban J connectivity index is 1.47. The number of hydrogen-bond donors (Lipinski definition) is 2. The second-order valence-corrected chi connectivity index (χ2v) is 10.0. The van der Waals surface area contributed by atoms with Crippen LogP contribution in [0.4, 0.5) is 10.1 Å². The summed E-state index contributed by atoms with van der Waals surface area (Å²) in [6.07, 6.45) is 3.56.